The lowest BCUT2D eigenvalue weighted by atomic mass is 10.2. The molecule has 5 rings (SSSR count). The van der Waals surface area contributed by atoms with Gasteiger partial charge in [0.1, 0.15) is 5.82 Å². The summed E-state index contributed by atoms with van der Waals surface area (Å²) in [7, 11) is 0. The normalized spacial score (nSPS) is 11.1. The molecule has 0 atom stereocenters. The molecule has 0 aliphatic carbocycles. The molecule has 154 valence electrons. The zero-order valence-electron chi connectivity index (χ0n) is 16.6. The zero-order chi connectivity index (χ0) is 20.9. The zero-order valence-corrected chi connectivity index (χ0v) is 18.2. The van der Waals surface area contributed by atoms with Crippen molar-refractivity contribution >= 4 is 23.1 Å². The largest absolute Gasteiger partial charge is 0.424 e. The monoisotopic (exact) mass is 445 g/mol. The van der Waals surface area contributed by atoms with Crippen molar-refractivity contribution in [2.24, 2.45) is 0 Å². The number of rotatable bonds is 8. The predicted octanol–water partition coefficient (Wildman–Crippen LogP) is 5.19. The average molecular weight is 446 g/mol. The van der Waals surface area contributed by atoms with Crippen molar-refractivity contribution < 1.29 is 4.42 Å². The summed E-state index contributed by atoms with van der Waals surface area (Å²) >= 11 is 3.27. The van der Waals surface area contributed by atoms with Crippen LogP contribution in [0.15, 0.2) is 87.8 Å². The molecule has 0 amide bonds. The molecule has 0 N–H and O–H groups in total. The number of hydrogen-bond acceptors (Lipinski definition) is 7. The Balaban J connectivity index is 1.34. The fourth-order valence-corrected chi connectivity index (χ4v) is 4.74. The molecule has 0 aliphatic heterocycles. The van der Waals surface area contributed by atoms with E-state index in [-0.39, 0.29) is 0 Å². The molecule has 3 aromatic heterocycles. The van der Waals surface area contributed by atoms with E-state index >= 15 is 0 Å². The maximum Gasteiger partial charge on any atom is 0.226 e. The van der Waals surface area contributed by atoms with Gasteiger partial charge in [-0.3, -0.25) is 4.57 Å². The topological polar surface area (TPSA) is 69.6 Å². The molecule has 31 heavy (non-hydrogen) atoms. The van der Waals surface area contributed by atoms with Crippen molar-refractivity contribution in [3.63, 3.8) is 0 Å². The molecule has 3 heterocycles. The second-order valence-electron chi connectivity index (χ2n) is 6.87. The van der Waals surface area contributed by atoms with Gasteiger partial charge in [0, 0.05) is 17.0 Å². The fourth-order valence-electron chi connectivity index (χ4n) is 3.23. The standard InChI is InChI=1S/C23H19N5OS2/c1-3-8-17(9-4-1)14-21-25-26-22(29-21)16-31-23-27-24-20(15-19-12-7-13-30-19)28(23)18-10-5-2-6-11-18/h1-13H,14-16H2. The van der Waals surface area contributed by atoms with Gasteiger partial charge in [-0.15, -0.1) is 31.7 Å². The van der Waals surface area contributed by atoms with Gasteiger partial charge >= 0.3 is 0 Å². The van der Waals surface area contributed by atoms with Crippen LogP contribution in [0.1, 0.15) is 28.0 Å². The van der Waals surface area contributed by atoms with Gasteiger partial charge in [0.25, 0.3) is 0 Å². The highest BCUT2D eigenvalue weighted by molar-refractivity contribution is 7.98. The first-order valence-electron chi connectivity index (χ1n) is 9.85. The summed E-state index contributed by atoms with van der Waals surface area (Å²) in [5.74, 6) is 2.64. The summed E-state index contributed by atoms with van der Waals surface area (Å²) in [5, 5.41) is 20.2. The highest BCUT2D eigenvalue weighted by atomic mass is 32.2. The quantitative estimate of drug-likeness (QED) is 0.306. The summed E-state index contributed by atoms with van der Waals surface area (Å²) in [6, 6.07) is 24.5. The van der Waals surface area contributed by atoms with Gasteiger partial charge < -0.3 is 4.42 Å². The van der Waals surface area contributed by atoms with E-state index in [1.165, 1.54) is 4.88 Å². The maximum absolute atomic E-state index is 5.85. The Hall–Kier alpha value is -3.23. The van der Waals surface area contributed by atoms with E-state index < -0.39 is 0 Å². The third-order valence-corrected chi connectivity index (χ3v) is 6.45. The minimum atomic E-state index is 0.533. The van der Waals surface area contributed by atoms with Crippen LogP contribution in [0.25, 0.3) is 5.69 Å². The number of hydrogen-bond donors (Lipinski definition) is 0. The van der Waals surface area contributed by atoms with Gasteiger partial charge in [-0.2, -0.15) is 0 Å². The van der Waals surface area contributed by atoms with Crippen molar-refractivity contribution in [3.8, 4) is 5.69 Å². The van der Waals surface area contributed by atoms with E-state index in [1.807, 2.05) is 36.4 Å². The molecule has 2 aromatic carbocycles. The van der Waals surface area contributed by atoms with Crippen LogP contribution in [-0.2, 0) is 18.6 Å². The number of thiophene rings is 1. The van der Waals surface area contributed by atoms with Gasteiger partial charge in [-0.1, -0.05) is 66.4 Å². The fraction of sp³-hybridized carbons (Fsp3) is 0.130. The van der Waals surface area contributed by atoms with Crippen molar-refractivity contribution in [2.45, 2.75) is 23.8 Å². The highest BCUT2D eigenvalue weighted by Gasteiger charge is 2.17. The van der Waals surface area contributed by atoms with Crippen LogP contribution in [0.2, 0.25) is 0 Å². The smallest absolute Gasteiger partial charge is 0.226 e. The minimum absolute atomic E-state index is 0.533. The van der Waals surface area contributed by atoms with E-state index in [9.17, 15) is 0 Å². The van der Waals surface area contributed by atoms with Crippen LogP contribution in [-0.4, -0.2) is 25.0 Å². The Kier molecular flexibility index (Phi) is 5.90. The Morgan fingerprint density at radius 3 is 2.32 bits per heavy atom. The van der Waals surface area contributed by atoms with Gasteiger partial charge in [0.05, 0.1) is 12.2 Å². The molecule has 0 spiro atoms. The van der Waals surface area contributed by atoms with Gasteiger partial charge in [-0.05, 0) is 29.1 Å². The summed E-state index contributed by atoms with van der Waals surface area (Å²) in [5.41, 5.74) is 2.18. The highest BCUT2D eigenvalue weighted by Crippen LogP contribution is 2.26. The van der Waals surface area contributed by atoms with Gasteiger partial charge in [0.15, 0.2) is 5.16 Å². The van der Waals surface area contributed by atoms with E-state index in [4.69, 9.17) is 4.42 Å². The molecule has 0 bridgehead atoms. The molecule has 0 radical (unpaired) electrons. The number of thioether (sulfide) groups is 1. The van der Waals surface area contributed by atoms with E-state index in [0.717, 1.165) is 28.7 Å². The van der Waals surface area contributed by atoms with Crippen molar-refractivity contribution in [2.75, 3.05) is 0 Å². The summed E-state index contributed by atoms with van der Waals surface area (Å²) in [4.78, 5) is 1.25. The lowest BCUT2D eigenvalue weighted by molar-refractivity contribution is 0.474. The van der Waals surface area contributed by atoms with Gasteiger partial charge in [0.2, 0.25) is 11.8 Å². The molecular formula is C23H19N5OS2. The molecule has 8 heteroatoms. The maximum atomic E-state index is 5.85. The first-order valence-corrected chi connectivity index (χ1v) is 11.7. The molecule has 0 saturated carbocycles. The van der Waals surface area contributed by atoms with Crippen LogP contribution >= 0.6 is 23.1 Å². The van der Waals surface area contributed by atoms with Crippen LogP contribution in [0.5, 0.6) is 0 Å². The number of nitrogens with zero attached hydrogens (tertiary/aromatic N) is 5. The van der Waals surface area contributed by atoms with E-state index in [0.29, 0.717) is 24.0 Å². The van der Waals surface area contributed by atoms with Crippen molar-refractivity contribution in [1.82, 2.24) is 25.0 Å². The van der Waals surface area contributed by atoms with Gasteiger partial charge in [-0.25, -0.2) is 0 Å². The van der Waals surface area contributed by atoms with Crippen LogP contribution in [0.4, 0.5) is 0 Å². The van der Waals surface area contributed by atoms with Crippen molar-refractivity contribution in [1.29, 1.82) is 0 Å². The third-order valence-electron chi connectivity index (χ3n) is 4.66. The Labute approximate surface area is 188 Å². The summed E-state index contributed by atoms with van der Waals surface area (Å²) < 4.78 is 7.95. The predicted molar refractivity (Wildman–Crippen MR) is 122 cm³/mol. The Morgan fingerprint density at radius 2 is 1.55 bits per heavy atom. The van der Waals surface area contributed by atoms with Crippen LogP contribution in [0, 0.1) is 0 Å². The molecule has 0 aliphatic rings. The average Bonchev–Trinajstić information content (AvgIpc) is 3.56. The van der Waals surface area contributed by atoms with Crippen LogP contribution < -0.4 is 0 Å². The number of benzene rings is 2. The first-order chi connectivity index (χ1) is 15.3. The molecule has 0 saturated heterocycles. The first kappa shape index (κ1) is 19.7. The second-order valence-corrected chi connectivity index (χ2v) is 8.84. The van der Waals surface area contributed by atoms with E-state index in [2.05, 4.69) is 66.7 Å². The lowest BCUT2D eigenvalue weighted by Gasteiger charge is -2.09. The Bertz CT molecular complexity index is 1230. The molecular weight excluding hydrogens is 426 g/mol. The second kappa shape index (κ2) is 9.28. The molecule has 0 fully saturated rings. The third kappa shape index (κ3) is 4.76. The number of para-hydroxylation sites is 1. The SMILES string of the molecule is c1ccc(Cc2nnc(CSc3nnc(Cc4cccs4)n3-c3ccccc3)o2)cc1. The molecule has 5 aromatic rings. The summed E-state index contributed by atoms with van der Waals surface area (Å²) in [6.45, 7) is 0. The molecule has 0 unspecified atom stereocenters. The van der Waals surface area contributed by atoms with Crippen molar-refractivity contribution in [3.05, 3.63) is 106 Å². The van der Waals surface area contributed by atoms with E-state index in [1.54, 1.807) is 23.1 Å². The number of aromatic nitrogens is 5. The Morgan fingerprint density at radius 1 is 0.774 bits per heavy atom. The lowest BCUT2D eigenvalue weighted by Crippen LogP contribution is -2.03. The molecule has 6 nitrogen and oxygen atoms in total. The van der Waals surface area contributed by atoms with Crippen LogP contribution in [0.3, 0.4) is 0 Å². The minimum Gasteiger partial charge on any atom is -0.424 e. The summed E-state index contributed by atoms with van der Waals surface area (Å²) in [6.07, 6.45) is 1.37.